The van der Waals surface area contributed by atoms with Crippen LogP contribution in [0.15, 0.2) is 18.2 Å². The second kappa shape index (κ2) is 7.29. The van der Waals surface area contributed by atoms with E-state index in [0.29, 0.717) is 19.7 Å². The number of β-amino-alcohol motifs (C(OH)–C–C–N with tert-alkyl or cyclic N) is 1. The Morgan fingerprint density at radius 2 is 1.91 bits per heavy atom. The maximum absolute atomic E-state index is 12.7. The summed E-state index contributed by atoms with van der Waals surface area (Å²) < 4.78 is 5.65. The summed E-state index contributed by atoms with van der Waals surface area (Å²) >= 11 is 0. The van der Waals surface area contributed by atoms with Crippen LogP contribution in [0.1, 0.15) is 5.56 Å². The number of fused-ring (bicyclic) bond motifs is 1. The first-order valence-electron chi connectivity index (χ1n) is 8.27. The lowest BCUT2D eigenvalue weighted by molar-refractivity contribution is -0.120. The van der Waals surface area contributed by atoms with Crippen molar-refractivity contribution in [2.45, 2.75) is 6.92 Å². The summed E-state index contributed by atoms with van der Waals surface area (Å²) in [5.74, 6) is 0.929. The predicted molar refractivity (Wildman–Crippen MR) is 89.0 cm³/mol. The minimum Gasteiger partial charge on any atom is -0.490 e. The third kappa shape index (κ3) is 3.83. The molecule has 0 saturated carbocycles. The lowest BCUT2D eigenvalue weighted by atomic mass is 10.1. The first-order valence-corrected chi connectivity index (χ1v) is 8.27. The molecule has 0 spiro atoms. The Labute approximate surface area is 137 Å². The average molecular weight is 319 g/mol. The molecule has 0 bridgehead atoms. The van der Waals surface area contributed by atoms with E-state index in [4.69, 9.17) is 9.84 Å². The van der Waals surface area contributed by atoms with Crippen LogP contribution in [0.3, 0.4) is 0 Å². The summed E-state index contributed by atoms with van der Waals surface area (Å²) in [6.07, 6.45) is 0. The van der Waals surface area contributed by atoms with E-state index < -0.39 is 0 Å². The molecule has 6 nitrogen and oxygen atoms in total. The van der Waals surface area contributed by atoms with Gasteiger partial charge < -0.3 is 14.7 Å². The van der Waals surface area contributed by atoms with Crippen LogP contribution in [0.5, 0.6) is 5.75 Å². The number of amides is 1. The number of ether oxygens (including phenoxy) is 1. The molecule has 0 atom stereocenters. The molecule has 2 aliphatic heterocycles. The van der Waals surface area contributed by atoms with E-state index in [2.05, 4.69) is 9.80 Å². The van der Waals surface area contributed by atoms with Gasteiger partial charge in [-0.2, -0.15) is 0 Å². The third-order valence-corrected chi connectivity index (χ3v) is 4.52. The largest absolute Gasteiger partial charge is 0.490 e. The zero-order valence-electron chi connectivity index (χ0n) is 13.7. The molecule has 1 aromatic carbocycles. The molecule has 0 aromatic heterocycles. The Balaban J connectivity index is 1.61. The van der Waals surface area contributed by atoms with Crippen LogP contribution in [-0.2, 0) is 4.79 Å². The number of aliphatic hydroxyl groups excluding tert-OH is 1. The monoisotopic (exact) mass is 319 g/mol. The molecule has 1 amide bonds. The summed E-state index contributed by atoms with van der Waals surface area (Å²) in [6, 6.07) is 5.97. The second-order valence-electron chi connectivity index (χ2n) is 6.21. The molecule has 6 heteroatoms. The number of piperazine rings is 1. The van der Waals surface area contributed by atoms with E-state index in [1.54, 1.807) is 0 Å². The number of rotatable bonds is 4. The topological polar surface area (TPSA) is 56.3 Å². The first kappa shape index (κ1) is 16.2. The normalized spacial score (nSPS) is 19.3. The van der Waals surface area contributed by atoms with Crippen molar-refractivity contribution >= 4 is 11.6 Å². The average Bonchev–Trinajstić information content (AvgIpc) is 2.56. The van der Waals surface area contributed by atoms with Gasteiger partial charge in [0.1, 0.15) is 12.4 Å². The first-order chi connectivity index (χ1) is 11.2. The van der Waals surface area contributed by atoms with Gasteiger partial charge in [-0.15, -0.1) is 0 Å². The number of aryl methyl sites for hydroxylation is 1. The SMILES string of the molecule is Cc1ccc2c(c1)N(C(=O)CN1CCN(CCO)CC1)CCO2. The molecular formula is C17H25N3O3. The minimum absolute atomic E-state index is 0.135. The highest BCUT2D eigenvalue weighted by molar-refractivity contribution is 5.96. The number of aliphatic hydroxyl groups is 1. The summed E-state index contributed by atoms with van der Waals surface area (Å²) in [5, 5.41) is 8.99. The minimum atomic E-state index is 0.135. The molecule has 2 heterocycles. The summed E-state index contributed by atoms with van der Waals surface area (Å²) in [4.78, 5) is 19.0. The third-order valence-electron chi connectivity index (χ3n) is 4.52. The Hall–Kier alpha value is -1.63. The molecule has 0 radical (unpaired) electrons. The van der Waals surface area contributed by atoms with Crippen molar-refractivity contribution in [3.8, 4) is 5.75 Å². The zero-order valence-corrected chi connectivity index (χ0v) is 13.7. The number of carbonyl (C=O) groups is 1. The van der Waals surface area contributed by atoms with Gasteiger partial charge in [-0.25, -0.2) is 0 Å². The highest BCUT2D eigenvalue weighted by Gasteiger charge is 2.26. The summed E-state index contributed by atoms with van der Waals surface area (Å²) in [6.45, 7) is 8.11. The van der Waals surface area contributed by atoms with Gasteiger partial charge in [0.15, 0.2) is 0 Å². The Morgan fingerprint density at radius 3 is 2.65 bits per heavy atom. The van der Waals surface area contributed by atoms with E-state index in [9.17, 15) is 4.79 Å². The Morgan fingerprint density at radius 1 is 1.17 bits per heavy atom. The summed E-state index contributed by atoms with van der Waals surface area (Å²) in [5.41, 5.74) is 2.02. The molecule has 0 aliphatic carbocycles. The van der Waals surface area contributed by atoms with E-state index in [-0.39, 0.29) is 12.5 Å². The van der Waals surface area contributed by atoms with E-state index in [0.717, 1.165) is 49.7 Å². The fourth-order valence-electron chi connectivity index (χ4n) is 3.18. The quantitative estimate of drug-likeness (QED) is 0.867. The molecular weight excluding hydrogens is 294 g/mol. The van der Waals surface area contributed by atoms with Crippen LogP contribution >= 0.6 is 0 Å². The zero-order chi connectivity index (χ0) is 16.2. The van der Waals surface area contributed by atoms with E-state index in [1.807, 2.05) is 30.0 Å². The number of carbonyl (C=O) groups excluding carboxylic acids is 1. The van der Waals surface area contributed by atoms with E-state index >= 15 is 0 Å². The van der Waals surface area contributed by atoms with Crippen LogP contribution < -0.4 is 9.64 Å². The Kier molecular flexibility index (Phi) is 5.15. The van der Waals surface area contributed by atoms with Crippen LogP contribution in [-0.4, -0.2) is 79.8 Å². The van der Waals surface area contributed by atoms with Crippen molar-refractivity contribution in [2.75, 3.05) is 63.9 Å². The highest BCUT2D eigenvalue weighted by atomic mass is 16.5. The molecule has 1 N–H and O–H groups in total. The maximum Gasteiger partial charge on any atom is 0.241 e. The molecule has 126 valence electrons. The lowest BCUT2D eigenvalue weighted by Crippen LogP contribution is -2.51. The van der Waals surface area contributed by atoms with E-state index in [1.165, 1.54) is 0 Å². The number of hydrogen-bond acceptors (Lipinski definition) is 5. The molecule has 23 heavy (non-hydrogen) atoms. The molecule has 1 fully saturated rings. The fraction of sp³-hybridized carbons (Fsp3) is 0.588. The smallest absolute Gasteiger partial charge is 0.241 e. The van der Waals surface area contributed by atoms with Gasteiger partial charge in [0.05, 0.1) is 25.4 Å². The van der Waals surface area contributed by atoms with Gasteiger partial charge >= 0.3 is 0 Å². The standard InChI is InChI=1S/C17H25N3O3/c1-14-2-3-16-15(12-14)20(9-11-23-16)17(22)13-19-6-4-18(5-7-19)8-10-21/h2-3,12,21H,4-11,13H2,1H3. The number of anilines is 1. The fourth-order valence-corrected chi connectivity index (χ4v) is 3.18. The van der Waals surface area contributed by atoms with Gasteiger partial charge in [0.2, 0.25) is 5.91 Å². The molecule has 2 aliphatic rings. The number of nitrogens with zero attached hydrogens (tertiary/aromatic N) is 3. The van der Waals surface area contributed by atoms with Crippen molar-refractivity contribution in [2.24, 2.45) is 0 Å². The lowest BCUT2D eigenvalue weighted by Gasteiger charge is -2.36. The van der Waals surface area contributed by atoms with Gasteiger partial charge in [-0.3, -0.25) is 14.6 Å². The molecule has 1 saturated heterocycles. The van der Waals surface area contributed by atoms with Crippen molar-refractivity contribution in [3.05, 3.63) is 23.8 Å². The molecule has 3 rings (SSSR count). The van der Waals surface area contributed by atoms with Crippen LogP contribution in [0.25, 0.3) is 0 Å². The predicted octanol–water partition coefficient (Wildman–Crippen LogP) is 0.330. The molecule has 1 aromatic rings. The van der Waals surface area contributed by atoms with Gasteiger partial charge in [0.25, 0.3) is 0 Å². The van der Waals surface area contributed by atoms with Gasteiger partial charge in [-0.05, 0) is 24.6 Å². The second-order valence-corrected chi connectivity index (χ2v) is 6.21. The number of hydrogen-bond donors (Lipinski definition) is 1. The van der Waals surface area contributed by atoms with Crippen molar-refractivity contribution < 1.29 is 14.6 Å². The Bertz CT molecular complexity index is 556. The van der Waals surface area contributed by atoms with Crippen LogP contribution in [0.2, 0.25) is 0 Å². The number of benzene rings is 1. The van der Waals surface area contributed by atoms with Crippen LogP contribution in [0.4, 0.5) is 5.69 Å². The van der Waals surface area contributed by atoms with Crippen molar-refractivity contribution in [3.63, 3.8) is 0 Å². The van der Waals surface area contributed by atoms with Crippen molar-refractivity contribution in [1.29, 1.82) is 0 Å². The molecule has 0 unspecified atom stereocenters. The van der Waals surface area contributed by atoms with Gasteiger partial charge in [0, 0.05) is 32.7 Å². The maximum atomic E-state index is 12.7. The van der Waals surface area contributed by atoms with Gasteiger partial charge in [-0.1, -0.05) is 6.07 Å². The highest BCUT2D eigenvalue weighted by Crippen LogP contribution is 2.32. The van der Waals surface area contributed by atoms with Crippen molar-refractivity contribution in [1.82, 2.24) is 9.80 Å². The summed E-state index contributed by atoms with van der Waals surface area (Å²) in [7, 11) is 0. The van der Waals surface area contributed by atoms with Crippen LogP contribution in [0, 0.1) is 6.92 Å².